The van der Waals surface area contributed by atoms with Crippen molar-refractivity contribution >= 4 is 23.3 Å². The molecule has 2 amide bonds. The number of rotatable bonds is 6. The van der Waals surface area contributed by atoms with Gasteiger partial charge in [-0.25, -0.2) is 4.98 Å². The number of carbonyl (C=O) groups is 2. The van der Waals surface area contributed by atoms with Crippen LogP contribution in [0.25, 0.3) is 0 Å². The zero-order valence-electron chi connectivity index (χ0n) is 13.0. The summed E-state index contributed by atoms with van der Waals surface area (Å²) in [6.07, 6.45) is 3.66. The number of aromatic nitrogens is 3. The summed E-state index contributed by atoms with van der Waals surface area (Å²) in [4.78, 5) is 28.1. The molecule has 2 rings (SSSR count). The minimum absolute atomic E-state index is 0.0154. The molecule has 0 saturated heterocycles. The lowest BCUT2D eigenvalue weighted by molar-refractivity contribution is 0.0942. The van der Waals surface area contributed by atoms with Crippen molar-refractivity contribution in [1.82, 2.24) is 19.4 Å². The van der Waals surface area contributed by atoms with E-state index in [2.05, 4.69) is 15.6 Å². The third-order valence-electron chi connectivity index (χ3n) is 3.21. The Hall–Kier alpha value is -2.81. The largest absolute Gasteiger partial charge is 0.396 e. The number of aliphatic hydroxyl groups is 1. The molecule has 2 heterocycles. The third-order valence-corrected chi connectivity index (χ3v) is 3.21. The lowest BCUT2D eigenvalue weighted by Gasteiger charge is -2.04. The molecule has 0 aliphatic carbocycles. The van der Waals surface area contributed by atoms with E-state index in [1.807, 2.05) is 0 Å². The topological polar surface area (TPSA) is 127 Å². The Morgan fingerprint density at radius 3 is 2.61 bits per heavy atom. The van der Waals surface area contributed by atoms with Crippen LogP contribution < -0.4 is 16.4 Å². The summed E-state index contributed by atoms with van der Waals surface area (Å²) >= 11 is 0. The summed E-state index contributed by atoms with van der Waals surface area (Å²) in [5.41, 5.74) is 6.43. The van der Waals surface area contributed by atoms with Crippen LogP contribution in [-0.2, 0) is 14.1 Å². The van der Waals surface area contributed by atoms with Gasteiger partial charge in [0.25, 0.3) is 11.8 Å². The predicted molar refractivity (Wildman–Crippen MR) is 85.0 cm³/mol. The number of carbonyl (C=O) groups excluding carboxylic acids is 2. The van der Waals surface area contributed by atoms with Gasteiger partial charge in [0.15, 0.2) is 0 Å². The van der Waals surface area contributed by atoms with Gasteiger partial charge in [-0.15, -0.1) is 0 Å². The second-order valence-corrected chi connectivity index (χ2v) is 5.11. The average Bonchev–Trinajstić information content (AvgIpc) is 3.01. The Morgan fingerprint density at radius 1 is 1.26 bits per heavy atom. The summed E-state index contributed by atoms with van der Waals surface area (Å²) in [7, 11) is 3.37. The number of hydrogen-bond acceptors (Lipinski definition) is 5. The van der Waals surface area contributed by atoms with Crippen molar-refractivity contribution < 1.29 is 14.7 Å². The Bertz CT molecular complexity index is 718. The van der Waals surface area contributed by atoms with Crippen molar-refractivity contribution in [2.45, 2.75) is 6.42 Å². The number of nitrogens with one attached hydrogen (secondary N) is 2. The number of nitrogens with two attached hydrogens (primary N) is 1. The fourth-order valence-electron chi connectivity index (χ4n) is 2.12. The van der Waals surface area contributed by atoms with E-state index in [4.69, 9.17) is 10.8 Å². The van der Waals surface area contributed by atoms with Crippen LogP contribution in [0.15, 0.2) is 18.5 Å². The molecule has 0 atom stereocenters. The quantitative estimate of drug-likeness (QED) is 0.544. The van der Waals surface area contributed by atoms with E-state index in [9.17, 15) is 9.59 Å². The standard InChI is InChI=1S/C14H20N6O3/c1-19-7-9(6-10(19)13(22)16-4-3-5-21)17-14(23)12-18-11(15)8-20(12)2/h6-8,21H,3-5,15H2,1-2H3,(H,16,22)(H,17,23). The lowest BCUT2D eigenvalue weighted by Crippen LogP contribution is -2.26. The van der Waals surface area contributed by atoms with Crippen LogP contribution in [0.1, 0.15) is 27.5 Å². The maximum atomic E-state index is 12.2. The van der Waals surface area contributed by atoms with Gasteiger partial charge < -0.3 is 30.6 Å². The van der Waals surface area contributed by atoms with Crippen LogP contribution in [0.5, 0.6) is 0 Å². The van der Waals surface area contributed by atoms with Crippen LogP contribution in [0.3, 0.4) is 0 Å². The minimum Gasteiger partial charge on any atom is -0.396 e. The molecule has 0 spiro atoms. The van der Waals surface area contributed by atoms with Gasteiger partial charge in [-0.05, 0) is 12.5 Å². The van der Waals surface area contributed by atoms with Crippen LogP contribution in [0.4, 0.5) is 11.5 Å². The summed E-state index contributed by atoms with van der Waals surface area (Å²) in [6, 6.07) is 1.57. The number of nitrogens with zero attached hydrogens (tertiary/aromatic N) is 3. The van der Waals surface area contributed by atoms with E-state index in [0.29, 0.717) is 24.3 Å². The van der Waals surface area contributed by atoms with Gasteiger partial charge in [-0.2, -0.15) is 0 Å². The van der Waals surface area contributed by atoms with E-state index < -0.39 is 5.91 Å². The highest BCUT2D eigenvalue weighted by molar-refractivity contribution is 6.03. The van der Waals surface area contributed by atoms with E-state index in [0.717, 1.165) is 0 Å². The maximum absolute atomic E-state index is 12.2. The predicted octanol–water partition coefficient (Wildman–Crippen LogP) is -0.295. The average molecular weight is 320 g/mol. The van der Waals surface area contributed by atoms with Crippen molar-refractivity contribution in [3.8, 4) is 0 Å². The minimum atomic E-state index is -0.415. The molecule has 23 heavy (non-hydrogen) atoms. The molecule has 0 aromatic carbocycles. The first kappa shape index (κ1) is 16.6. The van der Waals surface area contributed by atoms with E-state index in [1.54, 1.807) is 37.1 Å². The number of aliphatic hydroxyl groups excluding tert-OH is 1. The van der Waals surface area contributed by atoms with Gasteiger partial charge in [0.2, 0.25) is 5.82 Å². The van der Waals surface area contributed by atoms with Gasteiger partial charge in [0.1, 0.15) is 11.5 Å². The van der Waals surface area contributed by atoms with Gasteiger partial charge in [0, 0.05) is 39.6 Å². The number of imidazole rings is 1. The second-order valence-electron chi connectivity index (χ2n) is 5.11. The van der Waals surface area contributed by atoms with Gasteiger partial charge in [-0.1, -0.05) is 0 Å². The Labute approximate surface area is 133 Å². The maximum Gasteiger partial charge on any atom is 0.291 e. The van der Waals surface area contributed by atoms with Crippen LogP contribution in [0, 0.1) is 0 Å². The molecule has 124 valence electrons. The monoisotopic (exact) mass is 320 g/mol. The van der Waals surface area contributed by atoms with Gasteiger partial charge >= 0.3 is 0 Å². The molecule has 9 heteroatoms. The second kappa shape index (κ2) is 6.97. The Balaban J connectivity index is 2.07. The molecule has 0 aliphatic rings. The number of aryl methyl sites for hydroxylation is 2. The fraction of sp³-hybridized carbons (Fsp3) is 0.357. The van der Waals surface area contributed by atoms with Crippen LogP contribution in [0.2, 0.25) is 0 Å². The number of amides is 2. The molecule has 2 aromatic heterocycles. The van der Waals surface area contributed by atoms with Crippen LogP contribution >= 0.6 is 0 Å². The van der Waals surface area contributed by atoms with E-state index in [1.165, 1.54) is 4.57 Å². The molecular weight excluding hydrogens is 300 g/mol. The van der Waals surface area contributed by atoms with Crippen molar-refractivity contribution in [2.24, 2.45) is 14.1 Å². The number of hydrogen-bond donors (Lipinski definition) is 4. The van der Waals surface area contributed by atoms with Crippen molar-refractivity contribution in [1.29, 1.82) is 0 Å². The number of anilines is 2. The smallest absolute Gasteiger partial charge is 0.291 e. The molecule has 9 nitrogen and oxygen atoms in total. The molecule has 0 radical (unpaired) electrons. The Morgan fingerprint density at radius 2 is 2.00 bits per heavy atom. The van der Waals surface area contributed by atoms with Gasteiger partial charge in [-0.3, -0.25) is 9.59 Å². The first-order chi connectivity index (χ1) is 10.9. The summed E-state index contributed by atoms with van der Waals surface area (Å²) < 4.78 is 3.13. The zero-order chi connectivity index (χ0) is 17.0. The molecule has 0 fully saturated rings. The molecule has 0 bridgehead atoms. The fourth-order valence-corrected chi connectivity index (χ4v) is 2.12. The van der Waals surface area contributed by atoms with Crippen molar-refractivity contribution in [2.75, 3.05) is 24.2 Å². The first-order valence-corrected chi connectivity index (χ1v) is 7.08. The molecule has 0 aliphatic heterocycles. The highest BCUT2D eigenvalue weighted by Gasteiger charge is 2.16. The molecule has 5 N–H and O–H groups in total. The van der Waals surface area contributed by atoms with Crippen molar-refractivity contribution in [3.05, 3.63) is 30.0 Å². The van der Waals surface area contributed by atoms with Gasteiger partial charge in [0.05, 0.1) is 5.69 Å². The van der Waals surface area contributed by atoms with E-state index >= 15 is 0 Å². The highest BCUT2D eigenvalue weighted by Crippen LogP contribution is 2.14. The summed E-state index contributed by atoms with van der Waals surface area (Å²) in [5.74, 6) is -0.250. The summed E-state index contributed by atoms with van der Waals surface area (Å²) in [6.45, 7) is 0.399. The SMILES string of the molecule is Cn1cc(NC(=O)c2nc(N)cn2C)cc1C(=O)NCCCO. The van der Waals surface area contributed by atoms with Crippen molar-refractivity contribution in [3.63, 3.8) is 0 Å². The highest BCUT2D eigenvalue weighted by atomic mass is 16.3. The summed E-state index contributed by atoms with van der Waals surface area (Å²) in [5, 5.41) is 14.1. The lowest BCUT2D eigenvalue weighted by atomic mass is 10.3. The molecular formula is C14H20N6O3. The number of nitrogen functional groups attached to an aromatic ring is 1. The van der Waals surface area contributed by atoms with E-state index in [-0.39, 0.29) is 24.2 Å². The molecule has 2 aromatic rings. The zero-order valence-corrected chi connectivity index (χ0v) is 13.0. The third kappa shape index (κ3) is 3.89. The molecule has 0 unspecified atom stereocenters. The Kier molecular flexibility index (Phi) is 5.02. The molecule has 0 saturated carbocycles. The normalized spacial score (nSPS) is 10.6. The van der Waals surface area contributed by atoms with Crippen LogP contribution in [-0.4, -0.2) is 44.2 Å². The first-order valence-electron chi connectivity index (χ1n) is 7.08.